The van der Waals surface area contributed by atoms with Crippen LogP contribution < -0.4 is 5.32 Å². The van der Waals surface area contributed by atoms with E-state index >= 15 is 0 Å². The lowest BCUT2D eigenvalue weighted by Crippen LogP contribution is -1.97. The van der Waals surface area contributed by atoms with Gasteiger partial charge in [-0.05, 0) is 19.1 Å². The zero-order chi connectivity index (χ0) is 11.5. The van der Waals surface area contributed by atoms with E-state index in [9.17, 15) is 0 Å². The molecule has 16 heavy (non-hydrogen) atoms. The highest BCUT2D eigenvalue weighted by Gasteiger charge is 2.02. The number of nitrogens with one attached hydrogen (secondary N) is 1. The number of anilines is 2. The number of benzene rings is 1. The van der Waals surface area contributed by atoms with Gasteiger partial charge in [-0.1, -0.05) is 35.3 Å². The minimum atomic E-state index is 0.405. The number of para-hydroxylation sites is 1. The van der Waals surface area contributed by atoms with Crippen LogP contribution in [0.15, 0.2) is 30.3 Å². The summed E-state index contributed by atoms with van der Waals surface area (Å²) >= 11 is 11.8. The highest BCUT2D eigenvalue weighted by atomic mass is 35.5. The summed E-state index contributed by atoms with van der Waals surface area (Å²) in [6.07, 6.45) is 0. The average molecular weight is 254 g/mol. The van der Waals surface area contributed by atoms with Gasteiger partial charge in [0.15, 0.2) is 0 Å². The van der Waals surface area contributed by atoms with Gasteiger partial charge in [-0.25, -0.2) is 9.97 Å². The van der Waals surface area contributed by atoms with Gasteiger partial charge < -0.3 is 5.32 Å². The number of hydrogen-bond donors (Lipinski definition) is 1. The number of rotatable bonds is 2. The van der Waals surface area contributed by atoms with E-state index in [4.69, 9.17) is 23.2 Å². The summed E-state index contributed by atoms with van der Waals surface area (Å²) in [4.78, 5) is 8.18. The lowest BCUT2D eigenvalue weighted by Gasteiger charge is -2.07. The first-order chi connectivity index (χ1) is 7.65. The van der Waals surface area contributed by atoms with Crippen LogP contribution in [-0.2, 0) is 0 Å². The number of hydrogen-bond acceptors (Lipinski definition) is 3. The molecule has 0 fully saturated rings. The van der Waals surface area contributed by atoms with Crippen molar-refractivity contribution in [3.05, 3.63) is 46.3 Å². The van der Waals surface area contributed by atoms with Crippen LogP contribution in [0.1, 0.15) is 5.82 Å². The predicted molar refractivity (Wildman–Crippen MR) is 66.5 cm³/mol. The maximum atomic E-state index is 6.01. The van der Waals surface area contributed by atoms with Crippen LogP contribution in [-0.4, -0.2) is 9.97 Å². The summed E-state index contributed by atoms with van der Waals surface area (Å²) < 4.78 is 0. The lowest BCUT2D eigenvalue weighted by atomic mass is 10.3. The molecule has 0 bridgehead atoms. The molecule has 0 spiro atoms. The van der Waals surface area contributed by atoms with Gasteiger partial charge in [0.05, 0.1) is 10.7 Å². The van der Waals surface area contributed by atoms with Gasteiger partial charge in [0.25, 0.3) is 0 Å². The molecular formula is C11H9Cl2N3. The molecule has 1 aromatic carbocycles. The zero-order valence-electron chi connectivity index (χ0n) is 8.54. The second-order valence-corrected chi connectivity index (χ2v) is 4.02. The molecule has 82 valence electrons. The van der Waals surface area contributed by atoms with Crippen molar-refractivity contribution in [3.8, 4) is 0 Å². The van der Waals surface area contributed by atoms with Crippen LogP contribution in [0.2, 0.25) is 10.2 Å². The summed E-state index contributed by atoms with van der Waals surface area (Å²) in [5.41, 5.74) is 0.790. The molecular weight excluding hydrogens is 245 g/mol. The van der Waals surface area contributed by atoms with Gasteiger partial charge in [-0.2, -0.15) is 0 Å². The minimum absolute atomic E-state index is 0.405. The Labute approximate surface area is 103 Å². The van der Waals surface area contributed by atoms with Gasteiger partial charge in [0.2, 0.25) is 0 Å². The first-order valence-electron chi connectivity index (χ1n) is 4.68. The summed E-state index contributed by atoms with van der Waals surface area (Å²) in [7, 11) is 0. The highest BCUT2D eigenvalue weighted by molar-refractivity contribution is 6.33. The summed E-state index contributed by atoms with van der Waals surface area (Å²) in [6, 6.07) is 9.08. The van der Waals surface area contributed by atoms with Crippen molar-refractivity contribution < 1.29 is 0 Å². The molecule has 5 heteroatoms. The molecule has 3 nitrogen and oxygen atoms in total. The molecule has 0 unspecified atom stereocenters. The SMILES string of the molecule is Cc1nc(Cl)cc(Nc2ccccc2Cl)n1. The van der Waals surface area contributed by atoms with Crippen molar-refractivity contribution in [3.63, 3.8) is 0 Å². The summed E-state index contributed by atoms with van der Waals surface area (Å²) in [5, 5.41) is 4.13. The van der Waals surface area contributed by atoms with E-state index in [1.807, 2.05) is 18.2 Å². The maximum Gasteiger partial charge on any atom is 0.135 e. The fraction of sp³-hybridized carbons (Fsp3) is 0.0909. The second kappa shape index (κ2) is 4.68. The van der Waals surface area contributed by atoms with Crippen LogP contribution >= 0.6 is 23.2 Å². The number of halogens is 2. The molecule has 0 atom stereocenters. The number of aryl methyl sites for hydroxylation is 1. The van der Waals surface area contributed by atoms with E-state index in [0.717, 1.165) is 5.69 Å². The van der Waals surface area contributed by atoms with E-state index in [-0.39, 0.29) is 0 Å². The predicted octanol–water partition coefficient (Wildman–Crippen LogP) is 3.84. The third-order valence-electron chi connectivity index (χ3n) is 1.94. The molecule has 2 aromatic rings. The lowest BCUT2D eigenvalue weighted by molar-refractivity contribution is 1.06. The molecule has 0 saturated heterocycles. The van der Waals surface area contributed by atoms with Crippen molar-refractivity contribution in [2.45, 2.75) is 6.92 Å². The molecule has 0 aliphatic rings. The molecule has 0 amide bonds. The number of nitrogens with zero attached hydrogens (tertiary/aromatic N) is 2. The van der Waals surface area contributed by atoms with Crippen molar-refractivity contribution in [2.24, 2.45) is 0 Å². The maximum absolute atomic E-state index is 6.01. The monoisotopic (exact) mass is 253 g/mol. The van der Waals surface area contributed by atoms with Gasteiger partial charge >= 0.3 is 0 Å². The molecule has 0 aliphatic heterocycles. The van der Waals surface area contributed by atoms with Gasteiger partial charge in [-0.15, -0.1) is 0 Å². The number of aromatic nitrogens is 2. The Kier molecular flexibility index (Phi) is 3.27. The first kappa shape index (κ1) is 11.2. The van der Waals surface area contributed by atoms with E-state index in [1.165, 1.54) is 0 Å². The largest absolute Gasteiger partial charge is 0.339 e. The Morgan fingerprint density at radius 2 is 1.88 bits per heavy atom. The van der Waals surface area contributed by atoms with Crippen LogP contribution in [0.3, 0.4) is 0 Å². The molecule has 0 radical (unpaired) electrons. The molecule has 0 aliphatic carbocycles. The first-order valence-corrected chi connectivity index (χ1v) is 5.43. The Hall–Kier alpha value is -1.32. The van der Waals surface area contributed by atoms with Crippen LogP contribution in [0.25, 0.3) is 0 Å². The highest BCUT2D eigenvalue weighted by Crippen LogP contribution is 2.24. The topological polar surface area (TPSA) is 37.8 Å². The van der Waals surface area contributed by atoms with Crippen molar-refractivity contribution in [1.82, 2.24) is 9.97 Å². The quantitative estimate of drug-likeness (QED) is 0.827. The van der Waals surface area contributed by atoms with Crippen LogP contribution in [0.4, 0.5) is 11.5 Å². The Morgan fingerprint density at radius 3 is 2.56 bits per heavy atom. The third-order valence-corrected chi connectivity index (χ3v) is 2.47. The summed E-state index contributed by atoms with van der Waals surface area (Å²) in [5.74, 6) is 1.24. The molecule has 1 aromatic heterocycles. The fourth-order valence-electron chi connectivity index (χ4n) is 1.30. The smallest absolute Gasteiger partial charge is 0.135 e. The van der Waals surface area contributed by atoms with Crippen molar-refractivity contribution in [1.29, 1.82) is 0 Å². The molecule has 0 saturated carbocycles. The van der Waals surface area contributed by atoms with E-state index < -0.39 is 0 Å². The van der Waals surface area contributed by atoms with Gasteiger partial charge in [-0.3, -0.25) is 0 Å². The zero-order valence-corrected chi connectivity index (χ0v) is 10.0. The summed E-state index contributed by atoms with van der Waals surface area (Å²) in [6.45, 7) is 1.78. The Balaban J connectivity index is 2.30. The van der Waals surface area contributed by atoms with E-state index in [0.29, 0.717) is 21.8 Å². The second-order valence-electron chi connectivity index (χ2n) is 3.23. The van der Waals surface area contributed by atoms with E-state index in [1.54, 1.807) is 19.1 Å². The van der Waals surface area contributed by atoms with Crippen LogP contribution in [0.5, 0.6) is 0 Å². The fourth-order valence-corrected chi connectivity index (χ4v) is 1.70. The third kappa shape index (κ3) is 2.62. The normalized spacial score (nSPS) is 10.2. The molecule has 2 rings (SSSR count). The standard InChI is InChI=1S/C11H9Cl2N3/c1-7-14-10(13)6-11(15-7)16-9-5-3-2-4-8(9)12/h2-6H,1H3,(H,14,15,16). The van der Waals surface area contributed by atoms with Crippen LogP contribution in [0, 0.1) is 6.92 Å². The van der Waals surface area contributed by atoms with Crippen molar-refractivity contribution in [2.75, 3.05) is 5.32 Å². The van der Waals surface area contributed by atoms with Gasteiger partial charge in [0, 0.05) is 6.07 Å². The minimum Gasteiger partial charge on any atom is -0.339 e. The van der Waals surface area contributed by atoms with Crippen molar-refractivity contribution >= 4 is 34.7 Å². The molecule has 1 heterocycles. The van der Waals surface area contributed by atoms with Gasteiger partial charge in [0.1, 0.15) is 16.8 Å². The van der Waals surface area contributed by atoms with E-state index in [2.05, 4.69) is 15.3 Å². The molecule has 1 N–H and O–H groups in total. The Bertz CT molecular complexity index is 494. The Morgan fingerprint density at radius 1 is 1.12 bits per heavy atom. The average Bonchev–Trinajstić information content (AvgIpc) is 2.20.